The number of carbonyl (C=O) groups excluding carboxylic acids is 1. The molecule has 5 nitrogen and oxygen atoms in total. The summed E-state index contributed by atoms with van der Waals surface area (Å²) in [7, 11) is 0. The number of halogens is 2. The van der Waals surface area contributed by atoms with Gasteiger partial charge in [-0.25, -0.2) is 9.37 Å². The highest BCUT2D eigenvalue weighted by molar-refractivity contribution is 7.99. The number of hydrogen-bond acceptors (Lipinski definition) is 5. The second kappa shape index (κ2) is 8.41. The Labute approximate surface area is 193 Å². The summed E-state index contributed by atoms with van der Waals surface area (Å²) < 4.78 is 14.9. The van der Waals surface area contributed by atoms with E-state index in [1.165, 1.54) is 23.9 Å². The molecule has 1 aliphatic heterocycles. The van der Waals surface area contributed by atoms with E-state index in [4.69, 9.17) is 17.3 Å². The lowest BCUT2D eigenvalue weighted by Crippen LogP contribution is -2.31. The molecule has 32 heavy (non-hydrogen) atoms. The van der Waals surface area contributed by atoms with E-state index in [0.717, 1.165) is 22.8 Å². The predicted octanol–water partition coefficient (Wildman–Crippen LogP) is 5.50. The summed E-state index contributed by atoms with van der Waals surface area (Å²) in [6, 6.07) is 14.0. The van der Waals surface area contributed by atoms with Gasteiger partial charge in [-0.2, -0.15) is 0 Å². The molecule has 0 fully saturated rings. The maximum absolute atomic E-state index is 14.9. The van der Waals surface area contributed by atoms with Gasteiger partial charge in [0.2, 0.25) is 0 Å². The van der Waals surface area contributed by atoms with Gasteiger partial charge in [0.15, 0.2) is 0 Å². The number of nitrogens with zero attached hydrogens (tertiary/aromatic N) is 3. The largest absolute Gasteiger partial charge is 0.382 e. The smallest absolute Gasteiger partial charge is 0.260 e. The van der Waals surface area contributed by atoms with E-state index in [0.29, 0.717) is 16.6 Å². The van der Waals surface area contributed by atoms with Gasteiger partial charge in [-0.3, -0.25) is 9.78 Å². The van der Waals surface area contributed by atoms with Crippen molar-refractivity contribution in [2.45, 2.75) is 17.9 Å². The van der Waals surface area contributed by atoms with Gasteiger partial charge in [0, 0.05) is 28.4 Å². The summed E-state index contributed by atoms with van der Waals surface area (Å²) in [4.78, 5) is 24.6. The average Bonchev–Trinajstić information content (AvgIpc) is 3.28. The summed E-state index contributed by atoms with van der Waals surface area (Å²) in [5, 5.41) is 0.489. The molecular weight excluding hydrogens is 447 g/mol. The van der Waals surface area contributed by atoms with E-state index < -0.39 is 5.82 Å². The second-order valence-electron chi connectivity index (χ2n) is 7.50. The van der Waals surface area contributed by atoms with Crippen LogP contribution in [0.2, 0.25) is 5.02 Å². The van der Waals surface area contributed by atoms with Crippen LogP contribution in [-0.4, -0.2) is 21.6 Å². The van der Waals surface area contributed by atoms with E-state index in [-0.39, 0.29) is 28.7 Å². The van der Waals surface area contributed by atoms with Gasteiger partial charge in [-0.1, -0.05) is 23.7 Å². The number of carbonyl (C=O) groups is 1. The number of rotatable bonds is 4. The molecule has 160 valence electrons. The SMILES string of the molecule is Nc1nc2cc(CN(C(=O)c3cccnc3)c3cccc4c3SCC4)cc(F)c2cc1Cl. The fourth-order valence-electron chi connectivity index (χ4n) is 3.87. The van der Waals surface area contributed by atoms with Crippen LogP contribution in [0.5, 0.6) is 0 Å². The summed E-state index contributed by atoms with van der Waals surface area (Å²) in [5.41, 5.74) is 9.30. The first-order valence-electron chi connectivity index (χ1n) is 10.0. The monoisotopic (exact) mass is 464 g/mol. The number of nitrogens with two attached hydrogens (primary N) is 1. The maximum Gasteiger partial charge on any atom is 0.260 e. The third kappa shape index (κ3) is 3.78. The zero-order valence-electron chi connectivity index (χ0n) is 16.9. The van der Waals surface area contributed by atoms with Crippen molar-refractivity contribution in [2.24, 2.45) is 0 Å². The highest BCUT2D eigenvalue weighted by Crippen LogP contribution is 2.40. The molecule has 0 saturated carbocycles. The topological polar surface area (TPSA) is 72.1 Å². The standard InChI is InChI=1S/C24H18ClFN4OS/c25-18-11-17-19(26)9-14(10-20(17)29-23(18)27)13-30(24(31)16-4-2-7-28-12-16)21-5-1-3-15-6-8-32-22(15)21/h1-5,7,9-12H,6,8,13H2,(H2,27,29). The lowest BCUT2D eigenvalue weighted by molar-refractivity contribution is 0.0984. The van der Waals surface area contributed by atoms with Crippen LogP contribution in [0.4, 0.5) is 15.9 Å². The van der Waals surface area contributed by atoms with Gasteiger partial charge in [0.1, 0.15) is 11.6 Å². The van der Waals surface area contributed by atoms with Crippen molar-refractivity contribution in [1.82, 2.24) is 9.97 Å². The first-order chi connectivity index (χ1) is 15.5. The Kier molecular flexibility index (Phi) is 5.45. The Morgan fingerprint density at radius 2 is 2.09 bits per heavy atom. The molecule has 4 aromatic rings. The Bertz CT molecular complexity index is 1350. The molecule has 1 amide bonds. The van der Waals surface area contributed by atoms with E-state index >= 15 is 0 Å². The van der Waals surface area contributed by atoms with E-state index in [9.17, 15) is 9.18 Å². The van der Waals surface area contributed by atoms with Crippen LogP contribution in [0.25, 0.3) is 10.9 Å². The molecular formula is C24H18ClFN4OS. The van der Waals surface area contributed by atoms with Gasteiger partial charge in [-0.05, 0) is 53.9 Å². The third-order valence-electron chi connectivity index (χ3n) is 5.40. The highest BCUT2D eigenvalue weighted by atomic mass is 35.5. The van der Waals surface area contributed by atoms with Crippen LogP contribution in [0.1, 0.15) is 21.5 Å². The summed E-state index contributed by atoms with van der Waals surface area (Å²) in [5.74, 6) is 0.434. The van der Waals surface area contributed by atoms with Crippen LogP contribution < -0.4 is 10.6 Å². The lowest BCUT2D eigenvalue weighted by atomic mass is 10.1. The summed E-state index contributed by atoms with van der Waals surface area (Å²) >= 11 is 7.74. The van der Waals surface area contributed by atoms with E-state index in [1.54, 1.807) is 41.1 Å². The number of aromatic nitrogens is 2. The molecule has 0 unspecified atom stereocenters. The zero-order chi connectivity index (χ0) is 22.2. The second-order valence-corrected chi connectivity index (χ2v) is 9.01. The third-order valence-corrected chi connectivity index (χ3v) is 6.87. The minimum Gasteiger partial charge on any atom is -0.382 e. The van der Waals surface area contributed by atoms with Crippen molar-refractivity contribution < 1.29 is 9.18 Å². The van der Waals surface area contributed by atoms with Crippen molar-refractivity contribution in [1.29, 1.82) is 0 Å². The van der Waals surface area contributed by atoms with Gasteiger partial charge < -0.3 is 10.6 Å². The van der Waals surface area contributed by atoms with Crippen LogP contribution in [0.15, 0.2) is 65.8 Å². The summed E-state index contributed by atoms with van der Waals surface area (Å²) in [6.07, 6.45) is 4.12. The molecule has 3 heterocycles. The van der Waals surface area contributed by atoms with Crippen molar-refractivity contribution >= 4 is 51.7 Å². The minimum atomic E-state index is -0.464. The first-order valence-corrected chi connectivity index (χ1v) is 11.4. The number of aryl methyl sites for hydroxylation is 1. The molecule has 0 aliphatic carbocycles. The molecule has 2 aromatic carbocycles. The molecule has 0 spiro atoms. The van der Waals surface area contributed by atoms with Crippen molar-refractivity contribution in [2.75, 3.05) is 16.4 Å². The minimum absolute atomic E-state index is 0.135. The van der Waals surface area contributed by atoms with E-state index in [1.807, 2.05) is 12.1 Å². The van der Waals surface area contributed by atoms with Gasteiger partial charge >= 0.3 is 0 Å². The quantitative estimate of drug-likeness (QED) is 0.431. The van der Waals surface area contributed by atoms with Crippen molar-refractivity contribution in [3.63, 3.8) is 0 Å². The number of thioether (sulfide) groups is 1. The van der Waals surface area contributed by atoms with Gasteiger partial charge in [0.05, 0.1) is 28.3 Å². The average molecular weight is 465 g/mol. The number of nitrogen functional groups attached to an aromatic ring is 1. The molecule has 0 radical (unpaired) electrons. The van der Waals surface area contributed by atoms with E-state index in [2.05, 4.69) is 16.0 Å². The molecule has 0 atom stereocenters. The highest BCUT2D eigenvalue weighted by Gasteiger charge is 2.25. The van der Waals surface area contributed by atoms with Crippen molar-refractivity contribution in [3.05, 3.63) is 88.5 Å². The fraction of sp³-hybridized carbons (Fsp3) is 0.125. The Morgan fingerprint density at radius 3 is 2.91 bits per heavy atom. The Hall–Kier alpha value is -3.16. The predicted molar refractivity (Wildman–Crippen MR) is 127 cm³/mol. The number of hydrogen-bond donors (Lipinski definition) is 1. The molecule has 8 heteroatoms. The zero-order valence-corrected chi connectivity index (χ0v) is 18.5. The van der Waals surface area contributed by atoms with Gasteiger partial charge in [0.25, 0.3) is 5.91 Å². The summed E-state index contributed by atoms with van der Waals surface area (Å²) in [6.45, 7) is 0.168. The van der Waals surface area contributed by atoms with Crippen molar-refractivity contribution in [3.8, 4) is 0 Å². The maximum atomic E-state index is 14.9. The number of fused-ring (bicyclic) bond motifs is 2. The van der Waals surface area contributed by atoms with Crippen LogP contribution >= 0.6 is 23.4 Å². The van der Waals surface area contributed by atoms with Crippen LogP contribution in [0, 0.1) is 5.82 Å². The Balaban J connectivity index is 1.61. The molecule has 0 saturated heterocycles. The van der Waals surface area contributed by atoms with Crippen LogP contribution in [0.3, 0.4) is 0 Å². The van der Waals surface area contributed by atoms with Crippen LogP contribution in [-0.2, 0) is 13.0 Å². The fourth-order valence-corrected chi connectivity index (χ4v) is 5.23. The van der Waals surface area contributed by atoms with Gasteiger partial charge in [-0.15, -0.1) is 11.8 Å². The molecule has 5 rings (SSSR count). The molecule has 0 bridgehead atoms. The number of pyridine rings is 2. The number of anilines is 2. The number of benzene rings is 2. The molecule has 2 N–H and O–H groups in total. The number of amides is 1. The first kappa shape index (κ1) is 20.7. The molecule has 1 aliphatic rings. The lowest BCUT2D eigenvalue weighted by Gasteiger charge is -2.25. The molecule has 2 aromatic heterocycles. The normalized spacial score (nSPS) is 12.7. The Morgan fingerprint density at radius 1 is 1.22 bits per heavy atom.